The van der Waals surface area contributed by atoms with Crippen molar-refractivity contribution in [1.82, 2.24) is 10.3 Å². The van der Waals surface area contributed by atoms with Gasteiger partial charge in [-0.25, -0.2) is 4.98 Å². The number of unbranched alkanes of at least 4 members (excludes halogenated alkanes) is 1. The monoisotopic (exact) mass is 292 g/mol. The summed E-state index contributed by atoms with van der Waals surface area (Å²) in [7, 11) is 0. The molecule has 0 aliphatic rings. The molecule has 1 N–H and O–H groups in total. The molecule has 2 heterocycles. The average Bonchev–Trinajstić information content (AvgIpc) is 3.02. The quantitative estimate of drug-likeness (QED) is 0.791. The zero-order valence-electron chi connectivity index (χ0n) is 12.8. The van der Waals surface area contributed by atoms with Crippen LogP contribution in [-0.4, -0.2) is 11.5 Å². The number of nitrogens with zero attached hydrogens (tertiary/aromatic N) is 1. The Labute approximate surface area is 125 Å². The van der Waals surface area contributed by atoms with Crippen LogP contribution in [0.1, 0.15) is 51.1 Å². The Balaban J connectivity index is 2.20. The van der Waals surface area contributed by atoms with Crippen LogP contribution in [0.15, 0.2) is 22.8 Å². The lowest BCUT2D eigenvalue weighted by molar-refractivity contribution is 0.554. The molecule has 4 heteroatoms. The summed E-state index contributed by atoms with van der Waals surface area (Å²) in [6.45, 7) is 10.8. The molecule has 0 saturated heterocycles. The molecule has 2 aromatic rings. The molecule has 0 unspecified atom stereocenters. The number of hydrogen-bond donors (Lipinski definition) is 1. The predicted octanol–water partition coefficient (Wildman–Crippen LogP) is 4.59. The topological polar surface area (TPSA) is 38.1 Å². The Bertz CT molecular complexity index is 523. The first kappa shape index (κ1) is 15.3. The molecule has 0 fully saturated rings. The van der Waals surface area contributed by atoms with Crippen LogP contribution < -0.4 is 5.32 Å². The van der Waals surface area contributed by atoms with E-state index < -0.39 is 0 Å². The molecule has 0 spiro atoms. The third-order valence-electron chi connectivity index (χ3n) is 3.13. The van der Waals surface area contributed by atoms with Gasteiger partial charge in [-0.1, -0.05) is 34.1 Å². The summed E-state index contributed by atoms with van der Waals surface area (Å²) in [4.78, 5) is 6.13. The predicted molar refractivity (Wildman–Crippen MR) is 85.1 cm³/mol. The molecule has 0 bridgehead atoms. The van der Waals surface area contributed by atoms with E-state index in [0.717, 1.165) is 23.9 Å². The Morgan fingerprint density at radius 1 is 1.35 bits per heavy atom. The number of thiazole rings is 1. The Hall–Kier alpha value is -1.13. The van der Waals surface area contributed by atoms with Crippen LogP contribution in [-0.2, 0) is 12.0 Å². The first-order valence-electron chi connectivity index (χ1n) is 7.27. The highest BCUT2D eigenvalue weighted by Crippen LogP contribution is 2.34. The van der Waals surface area contributed by atoms with Crippen LogP contribution in [0, 0.1) is 0 Å². The second-order valence-corrected chi connectivity index (χ2v) is 7.13. The third kappa shape index (κ3) is 3.70. The van der Waals surface area contributed by atoms with Gasteiger partial charge in [-0.3, -0.25) is 0 Å². The van der Waals surface area contributed by atoms with Crippen molar-refractivity contribution in [2.45, 2.75) is 52.5 Å². The van der Waals surface area contributed by atoms with Crippen LogP contribution in [0.3, 0.4) is 0 Å². The molecule has 0 aromatic carbocycles. The van der Waals surface area contributed by atoms with Crippen molar-refractivity contribution in [2.24, 2.45) is 0 Å². The number of aromatic nitrogens is 1. The third-order valence-corrected chi connectivity index (χ3v) is 4.20. The van der Waals surface area contributed by atoms with E-state index in [1.165, 1.54) is 23.4 Å². The van der Waals surface area contributed by atoms with Gasteiger partial charge in [0.15, 0.2) is 10.8 Å². The molecule has 0 atom stereocenters. The molecule has 20 heavy (non-hydrogen) atoms. The van der Waals surface area contributed by atoms with Crippen molar-refractivity contribution in [3.63, 3.8) is 0 Å². The second-order valence-electron chi connectivity index (χ2n) is 6.05. The van der Waals surface area contributed by atoms with Crippen LogP contribution >= 0.6 is 11.3 Å². The largest absolute Gasteiger partial charge is 0.462 e. The fourth-order valence-corrected chi connectivity index (χ4v) is 3.28. The van der Waals surface area contributed by atoms with Gasteiger partial charge in [-0.2, -0.15) is 0 Å². The van der Waals surface area contributed by atoms with Crippen molar-refractivity contribution in [3.8, 4) is 10.8 Å². The van der Waals surface area contributed by atoms with Gasteiger partial charge in [0.25, 0.3) is 0 Å². The van der Waals surface area contributed by atoms with Gasteiger partial charge in [0.2, 0.25) is 0 Å². The summed E-state index contributed by atoms with van der Waals surface area (Å²) in [6.07, 6.45) is 4.14. The lowest BCUT2D eigenvalue weighted by Gasteiger charge is -2.17. The summed E-state index contributed by atoms with van der Waals surface area (Å²) >= 11 is 1.73. The molecule has 110 valence electrons. The van der Waals surface area contributed by atoms with Crippen molar-refractivity contribution in [3.05, 3.63) is 29.0 Å². The van der Waals surface area contributed by atoms with Crippen molar-refractivity contribution >= 4 is 11.3 Å². The summed E-state index contributed by atoms with van der Waals surface area (Å²) in [5.41, 5.74) is 1.24. The Kier molecular flexibility index (Phi) is 5.00. The molecule has 0 saturated carbocycles. The maximum Gasteiger partial charge on any atom is 0.162 e. The van der Waals surface area contributed by atoms with Crippen LogP contribution in [0.2, 0.25) is 0 Å². The molecule has 3 nitrogen and oxygen atoms in total. The molecular formula is C16H24N2OS. The van der Waals surface area contributed by atoms with Crippen LogP contribution in [0.5, 0.6) is 0 Å². The van der Waals surface area contributed by atoms with Crippen molar-refractivity contribution < 1.29 is 4.42 Å². The van der Waals surface area contributed by atoms with Gasteiger partial charge in [-0.15, -0.1) is 11.3 Å². The zero-order valence-corrected chi connectivity index (χ0v) is 13.6. The molecular weight excluding hydrogens is 268 g/mol. The molecule has 2 aromatic heterocycles. The zero-order chi connectivity index (χ0) is 14.6. The van der Waals surface area contributed by atoms with E-state index in [0.29, 0.717) is 0 Å². The lowest BCUT2D eigenvalue weighted by atomic mass is 9.91. The van der Waals surface area contributed by atoms with Gasteiger partial charge in [0, 0.05) is 16.8 Å². The van der Waals surface area contributed by atoms with Crippen molar-refractivity contribution in [2.75, 3.05) is 6.54 Å². The molecule has 0 amide bonds. The smallest absolute Gasteiger partial charge is 0.162 e. The molecule has 2 rings (SSSR count). The highest BCUT2D eigenvalue weighted by Gasteiger charge is 2.24. The number of hydrogen-bond acceptors (Lipinski definition) is 4. The van der Waals surface area contributed by atoms with Crippen LogP contribution in [0.4, 0.5) is 0 Å². The maximum absolute atomic E-state index is 5.47. The Morgan fingerprint density at radius 2 is 2.15 bits per heavy atom. The van der Waals surface area contributed by atoms with Gasteiger partial charge in [0.1, 0.15) is 0 Å². The summed E-state index contributed by atoms with van der Waals surface area (Å²) < 4.78 is 5.47. The van der Waals surface area contributed by atoms with Gasteiger partial charge < -0.3 is 9.73 Å². The van der Waals surface area contributed by atoms with Crippen molar-refractivity contribution in [1.29, 1.82) is 0 Å². The maximum atomic E-state index is 5.47. The number of rotatable bonds is 6. The first-order chi connectivity index (χ1) is 9.52. The van der Waals surface area contributed by atoms with E-state index in [2.05, 4.69) is 33.0 Å². The fraction of sp³-hybridized carbons (Fsp3) is 0.562. The van der Waals surface area contributed by atoms with E-state index in [1.54, 1.807) is 17.6 Å². The number of nitrogens with one attached hydrogen (secondary N) is 1. The highest BCUT2D eigenvalue weighted by molar-refractivity contribution is 7.15. The molecule has 0 aliphatic carbocycles. The Morgan fingerprint density at radius 3 is 2.75 bits per heavy atom. The summed E-state index contributed by atoms with van der Waals surface area (Å²) in [5.74, 6) is 0.861. The van der Waals surface area contributed by atoms with Gasteiger partial charge in [-0.05, 0) is 25.1 Å². The van der Waals surface area contributed by atoms with E-state index in [1.807, 2.05) is 12.1 Å². The van der Waals surface area contributed by atoms with E-state index in [9.17, 15) is 0 Å². The van der Waals surface area contributed by atoms with E-state index in [4.69, 9.17) is 9.40 Å². The fourth-order valence-electron chi connectivity index (χ4n) is 2.07. The minimum Gasteiger partial charge on any atom is -0.462 e. The average molecular weight is 292 g/mol. The normalized spacial score (nSPS) is 12.0. The number of furan rings is 1. The van der Waals surface area contributed by atoms with E-state index >= 15 is 0 Å². The molecule has 0 radical (unpaired) electrons. The lowest BCUT2D eigenvalue weighted by Crippen LogP contribution is -2.19. The SMILES string of the molecule is CCCCNCc1sc(-c2ccco2)nc1C(C)(C)C. The standard InChI is InChI=1S/C16H24N2OS/c1-5-6-9-17-11-13-14(16(2,3)4)18-15(20-13)12-8-7-10-19-12/h7-8,10,17H,5-6,9,11H2,1-4H3. The second kappa shape index (κ2) is 6.55. The van der Waals surface area contributed by atoms with Crippen LogP contribution in [0.25, 0.3) is 10.8 Å². The molecule has 0 aliphatic heterocycles. The first-order valence-corrected chi connectivity index (χ1v) is 8.08. The minimum absolute atomic E-state index is 0.0586. The van der Waals surface area contributed by atoms with E-state index in [-0.39, 0.29) is 5.41 Å². The minimum atomic E-state index is 0.0586. The summed E-state index contributed by atoms with van der Waals surface area (Å²) in [6, 6.07) is 3.88. The van der Waals surface area contributed by atoms with Gasteiger partial charge in [0.05, 0.1) is 12.0 Å². The highest BCUT2D eigenvalue weighted by atomic mass is 32.1. The van der Waals surface area contributed by atoms with Gasteiger partial charge >= 0.3 is 0 Å². The summed E-state index contributed by atoms with van der Waals surface area (Å²) in [5, 5.41) is 4.49.